The van der Waals surface area contributed by atoms with Crippen molar-refractivity contribution in [1.29, 1.82) is 0 Å². The number of aliphatic hydroxyl groups is 1. The number of hydrogen-bond donors (Lipinski definition) is 3. The Morgan fingerprint density at radius 3 is 0.860 bits per heavy atom. The van der Waals surface area contributed by atoms with E-state index < -0.39 is 35.0 Å². The van der Waals surface area contributed by atoms with Gasteiger partial charge in [-0.1, -0.05) is 60.7 Å². The highest BCUT2D eigenvalue weighted by molar-refractivity contribution is 8.78. The van der Waals surface area contributed by atoms with Crippen LogP contribution in [0.2, 0.25) is 0 Å². The molecule has 0 bridgehead atoms. The van der Waals surface area contributed by atoms with E-state index in [-0.39, 0.29) is 114 Å². The predicted octanol–water partition coefficient (Wildman–Crippen LogP) is 5.25. The molecule has 3 N–H and O–H groups in total. The Balaban J connectivity index is 0.000000186. The Morgan fingerprint density at radius 1 is 0.344 bits per heavy atom. The van der Waals surface area contributed by atoms with Crippen molar-refractivity contribution in [1.82, 2.24) is 0 Å². The minimum absolute atomic E-state index is 0.0110. The lowest BCUT2D eigenvalue weighted by atomic mass is 9.99. The van der Waals surface area contributed by atoms with Crippen LogP contribution in [0.15, 0.2) is 123 Å². The molecule has 93 heavy (non-hydrogen) atoms. The summed E-state index contributed by atoms with van der Waals surface area (Å²) in [6.45, 7) is -0.144. The molecular formula is C46H29O13PS33. The summed E-state index contributed by atoms with van der Waals surface area (Å²) in [6, 6.07) is 22.6. The fraction of sp³-hybridized carbons (Fsp3) is 0.130. The lowest BCUT2D eigenvalue weighted by Crippen LogP contribution is -2.15. The molecule has 0 aliphatic rings. The van der Waals surface area contributed by atoms with E-state index in [1.807, 2.05) is 0 Å². The molecule has 10 rings (SSSR count). The van der Waals surface area contributed by atoms with Crippen molar-refractivity contribution in [3.63, 3.8) is 0 Å². The predicted molar refractivity (Wildman–Crippen MR) is 474 cm³/mol. The van der Waals surface area contributed by atoms with Gasteiger partial charge in [-0.15, -0.1) is 22.7 Å². The van der Waals surface area contributed by atoms with Gasteiger partial charge < -0.3 is 14.9 Å². The fourth-order valence-electron chi connectivity index (χ4n) is 8.42. The number of rotatable bonds is 8. The molecule has 0 unspecified atom stereocenters. The summed E-state index contributed by atoms with van der Waals surface area (Å²) >= 11 is 20.7. The standard InChI is InChI=1S/C23H15O8PS.C23H14O5S.S16.S15/c24-18-12-5-1-2-6-13(12)20(26)22-16(18)17-19(25)15-10-11(4-3-9-31-32(28,29)30)7-8-14(15)21(27)23(17)33-22;24-9-3-4-11-7-8-14-15(10-11)19(26)17-16-18(25)12-5-1-2-6-13(12)20(27)22(16)29-23(17)21(14)28;1-3-5-7-9-11-13-15-16-14-12-10-8-6-4-2;1-3-5-7-9-11-13-15-14-12-10-8-6-4-2/h1-2,5-8,10H,3-4,9H2,(H2,28,29,30);1-2,5-8,10,24H,3-4,9H2;;. The van der Waals surface area contributed by atoms with Crippen LogP contribution in [0.1, 0.15) is 24.0 Å². The van der Waals surface area contributed by atoms with Gasteiger partial charge in [0.2, 0.25) is 21.7 Å². The average molecular weight is 1880 g/mol. The Morgan fingerprint density at radius 2 is 0.591 bits per heavy atom. The zero-order chi connectivity index (χ0) is 66.9. The molecule has 0 fully saturated rings. The molecule has 8 aromatic carbocycles. The van der Waals surface area contributed by atoms with Crippen LogP contribution in [0, 0.1) is 0 Å². The van der Waals surface area contributed by atoms with Crippen LogP contribution in [0.5, 0.6) is 0 Å². The average Bonchev–Trinajstić information content (AvgIpc) is 1.60. The van der Waals surface area contributed by atoms with Gasteiger partial charge in [0.1, 0.15) is 0 Å². The highest BCUT2D eigenvalue weighted by Gasteiger charge is 2.24. The molecular weight excluding hydrogens is 1850 g/mol. The molecule has 0 aliphatic heterocycles. The fourth-order valence-corrected chi connectivity index (χ4v) is 74.3. The van der Waals surface area contributed by atoms with Crippen molar-refractivity contribution >= 4 is 398 Å². The number of hydrogen-bond acceptors (Lipinski definition) is 17. The van der Waals surface area contributed by atoms with Gasteiger partial charge in [0.15, 0.2) is 21.7 Å². The maximum absolute atomic E-state index is 13.4. The molecule has 0 radical (unpaired) electrons. The molecule has 0 atom stereocenters. The van der Waals surface area contributed by atoms with Crippen LogP contribution in [0.3, 0.4) is 0 Å². The summed E-state index contributed by atoms with van der Waals surface area (Å²) in [5.74, 6) is 0. The van der Waals surface area contributed by atoms with Gasteiger partial charge in [-0.2, -0.15) is 0 Å². The number of aliphatic hydroxyl groups excluding tert-OH is 1. The topological polar surface area (TPSA) is 224 Å². The summed E-state index contributed by atoms with van der Waals surface area (Å²) < 4.78 is 15.7. The maximum Gasteiger partial charge on any atom is 0.469 e. The van der Waals surface area contributed by atoms with E-state index in [0.29, 0.717) is 30.2 Å². The molecule has 13 nitrogen and oxygen atoms in total. The van der Waals surface area contributed by atoms with Crippen molar-refractivity contribution in [3.05, 3.63) is 178 Å². The largest absolute Gasteiger partial charge is 0.469 e. The number of phosphoric ester groups is 1. The summed E-state index contributed by atoms with van der Waals surface area (Å²) in [5.41, 5.74) is -1.71. The number of fused-ring (bicyclic) bond motifs is 10. The summed E-state index contributed by atoms with van der Waals surface area (Å²) in [5, 5.41) is 11.0. The van der Waals surface area contributed by atoms with Gasteiger partial charge >= 0.3 is 7.82 Å². The lowest BCUT2D eigenvalue weighted by Gasteiger charge is -2.06. The second-order valence-corrected chi connectivity index (χ2v) is 67.6. The monoisotopic (exact) mass is 1880 g/mol. The van der Waals surface area contributed by atoms with Gasteiger partial charge in [-0.3, -0.25) is 42.9 Å². The van der Waals surface area contributed by atoms with Crippen LogP contribution < -0.4 is 43.4 Å². The number of benzene rings is 8. The minimum Gasteiger partial charge on any atom is -0.396 e. The van der Waals surface area contributed by atoms with E-state index in [0.717, 1.165) is 28.2 Å². The second-order valence-electron chi connectivity index (χ2n) is 16.6. The summed E-state index contributed by atoms with van der Waals surface area (Å²) in [7, 11) is 40.7. The molecule has 0 spiro atoms. The van der Waals surface area contributed by atoms with Crippen molar-refractivity contribution in [3.8, 4) is 0 Å². The Bertz CT molecular complexity index is 6470. The number of phosphoric acid groups is 1. The van der Waals surface area contributed by atoms with Crippen LogP contribution in [0.25, 0.3) is 83.4 Å². The Labute approximate surface area is 628 Å². The van der Waals surface area contributed by atoms with E-state index >= 15 is 0 Å². The molecule has 0 amide bonds. The third-order valence-corrected chi connectivity index (χ3v) is 70.2. The zero-order valence-electron chi connectivity index (χ0n) is 44.7. The van der Waals surface area contributed by atoms with Crippen molar-refractivity contribution in [2.45, 2.75) is 25.7 Å². The van der Waals surface area contributed by atoms with E-state index in [1.165, 1.54) is 47.7 Å². The van der Waals surface area contributed by atoms with Gasteiger partial charge in [0.05, 0.1) is 47.0 Å². The van der Waals surface area contributed by atoms with E-state index in [9.17, 15) is 42.9 Å². The smallest absolute Gasteiger partial charge is 0.396 e. The third-order valence-electron chi connectivity index (χ3n) is 11.7. The SMILES string of the molecule is O=c1c2ccccc2c(=O)c2c1sc1c(=O)c3ccc(CCCO)cc3c(=O)c12.O=c1c2ccccc2c(=O)c2c1sc1c(=O)c3ccc(CCCOP(=O)(O)O)cc3c(=O)c12.S=S=S=S=S=S=S=S=S=S=S=S=S=S=S.S=S=S=S=S=S=S=S=S=S=S=S=S=S=S=S. The molecule has 0 saturated heterocycles. The van der Waals surface area contributed by atoms with Crippen LogP contribution in [-0.4, -0.2) is 28.1 Å². The van der Waals surface area contributed by atoms with E-state index in [4.69, 9.17) is 59.6 Å². The molecule has 2 aromatic heterocycles. The third kappa shape index (κ3) is 23.0. The quantitative estimate of drug-likeness (QED) is 0.131. The van der Waals surface area contributed by atoms with Gasteiger partial charge in [-0.05, 0) is 61.1 Å². The molecule has 10 aromatic rings. The van der Waals surface area contributed by atoms with Crippen molar-refractivity contribution in [2.75, 3.05) is 13.2 Å². The highest BCUT2D eigenvalue weighted by atomic mass is 33.5. The first-order valence-corrected chi connectivity index (χ1v) is 65.8. The molecule has 47 heteroatoms. The van der Waals surface area contributed by atoms with Gasteiger partial charge in [0.25, 0.3) is 0 Å². The van der Waals surface area contributed by atoms with E-state index in [1.54, 1.807) is 277 Å². The van der Waals surface area contributed by atoms with Crippen LogP contribution in [-0.2, 0) is 306 Å². The van der Waals surface area contributed by atoms with Gasteiger partial charge in [0, 0.05) is 334 Å². The van der Waals surface area contributed by atoms with Crippen LogP contribution >= 0.6 is 30.5 Å². The van der Waals surface area contributed by atoms with Gasteiger partial charge in [-0.25, -0.2) is 4.57 Å². The second kappa shape index (κ2) is 42.8. The first kappa shape index (κ1) is 80.8. The first-order chi connectivity index (χ1) is 45.0. The summed E-state index contributed by atoms with van der Waals surface area (Å²) in [4.78, 5) is 123. The van der Waals surface area contributed by atoms with Crippen molar-refractivity contribution in [2.24, 2.45) is 0 Å². The van der Waals surface area contributed by atoms with Crippen molar-refractivity contribution < 1.29 is 24.0 Å². The Hall–Kier alpha value is 0.530. The summed E-state index contributed by atoms with van der Waals surface area (Å²) in [6.07, 6.45) is 1.76. The first-order valence-electron chi connectivity index (χ1n) is 24.0. The molecule has 0 saturated carbocycles. The van der Waals surface area contributed by atoms with E-state index in [2.05, 4.69) is 4.52 Å². The molecule has 0 aliphatic carbocycles. The molecule has 2 heterocycles. The lowest BCUT2D eigenvalue weighted by molar-refractivity contribution is 0.195. The zero-order valence-corrected chi connectivity index (χ0v) is 72.5. The number of aryl methyl sites for hydroxylation is 2. The maximum atomic E-state index is 13.4. The van der Waals surface area contributed by atoms with Crippen LogP contribution in [0.4, 0.5) is 0 Å². The number of thiophene rings is 2. The molecule has 494 valence electrons. The Kier molecular flexibility index (Phi) is 37.2. The highest BCUT2D eigenvalue weighted by Crippen LogP contribution is 2.36. The minimum atomic E-state index is -4.56. The normalized spacial score (nSPS) is 10.5.